The molecule has 1 fully saturated rings. The summed E-state index contributed by atoms with van der Waals surface area (Å²) >= 11 is 5.01. The second-order valence-electron chi connectivity index (χ2n) is 4.68. The molecule has 0 radical (unpaired) electrons. The van der Waals surface area contributed by atoms with Crippen molar-refractivity contribution in [1.82, 2.24) is 15.0 Å². The van der Waals surface area contributed by atoms with E-state index in [4.69, 9.17) is 4.74 Å². The fourth-order valence-corrected chi connectivity index (χ4v) is 2.97. The highest BCUT2D eigenvalue weighted by molar-refractivity contribution is 9.10. The number of pyridine rings is 1. The molecule has 7 heteroatoms. The molecular formula is C14H15BrN4OS. The lowest BCUT2D eigenvalue weighted by Crippen LogP contribution is -2.25. The predicted octanol–water partition coefficient (Wildman–Crippen LogP) is 3.01. The van der Waals surface area contributed by atoms with Gasteiger partial charge in [0, 0.05) is 31.6 Å². The fraction of sp³-hybridized carbons (Fsp3) is 0.357. The Morgan fingerprint density at radius 2 is 2.29 bits per heavy atom. The van der Waals surface area contributed by atoms with Gasteiger partial charge in [0.15, 0.2) is 5.16 Å². The molecule has 0 aliphatic carbocycles. The maximum absolute atomic E-state index is 6.04. The van der Waals surface area contributed by atoms with Crippen LogP contribution < -0.4 is 9.64 Å². The number of hydrogen-bond donors (Lipinski definition) is 0. The minimum absolute atomic E-state index is 0.163. The molecule has 1 aliphatic rings. The van der Waals surface area contributed by atoms with E-state index in [-0.39, 0.29) is 6.10 Å². The molecule has 0 spiro atoms. The Labute approximate surface area is 136 Å². The maximum atomic E-state index is 6.04. The topological polar surface area (TPSA) is 51.1 Å². The van der Waals surface area contributed by atoms with Crippen molar-refractivity contribution in [3.8, 4) is 5.75 Å². The first-order valence-electron chi connectivity index (χ1n) is 6.64. The van der Waals surface area contributed by atoms with Crippen molar-refractivity contribution in [2.45, 2.75) is 17.7 Å². The van der Waals surface area contributed by atoms with E-state index < -0.39 is 0 Å². The smallest absolute Gasteiger partial charge is 0.189 e. The van der Waals surface area contributed by atoms with Gasteiger partial charge in [-0.15, -0.1) is 0 Å². The number of aromatic nitrogens is 3. The number of thioether (sulfide) groups is 1. The number of hydrogen-bond acceptors (Lipinski definition) is 6. The summed E-state index contributed by atoms with van der Waals surface area (Å²) in [6.45, 7) is 1.78. The number of anilines is 1. The summed E-state index contributed by atoms with van der Waals surface area (Å²) in [5.74, 6) is 1.80. The number of nitrogens with zero attached hydrogens (tertiary/aromatic N) is 4. The van der Waals surface area contributed by atoms with Gasteiger partial charge in [0.2, 0.25) is 0 Å². The molecule has 0 saturated carbocycles. The van der Waals surface area contributed by atoms with Crippen molar-refractivity contribution in [2.75, 3.05) is 24.2 Å². The first kappa shape index (κ1) is 14.6. The largest absolute Gasteiger partial charge is 0.487 e. The van der Waals surface area contributed by atoms with E-state index in [1.54, 1.807) is 24.2 Å². The summed E-state index contributed by atoms with van der Waals surface area (Å²) in [4.78, 5) is 15.0. The second kappa shape index (κ2) is 6.62. The highest BCUT2D eigenvalue weighted by atomic mass is 79.9. The van der Waals surface area contributed by atoms with Crippen molar-refractivity contribution >= 4 is 33.5 Å². The zero-order valence-electron chi connectivity index (χ0n) is 11.6. The number of rotatable bonds is 4. The molecule has 2 aromatic heterocycles. The van der Waals surface area contributed by atoms with Crippen LogP contribution in [0.4, 0.5) is 5.82 Å². The molecular weight excluding hydrogens is 352 g/mol. The highest BCUT2D eigenvalue weighted by Crippen LogP contribution is 2.27. The minimum Gasteiger partial charge on any atom is -0.487 e. The Kier molecular flexibility index (Phi) is 4.60. The van der Waals surface area contributed by atoms with Gasteiger partial charge >= 0.3 is 0 Å². The summed E-state index contributed by atoms with van der Waals surface area (Å²) in [6.07, 6.45) is 8.42. The van der Waals surface area contributed by atoms with Crippen LogP contribution in [-0.4, -0.2) is 40.4 Å². The predicted molar refractivity (Wildman–Crippen MR) is 87.0 cm³/mol. The van der Waals surface area contributed by atoms with Crippen molar-refractivity contribution in [3.63, 3.8) is 0 Å². The van der Waals surface area contributed by atoms with E-state index in [0.717, 1.165) is 40.7 Å². The molecule has 1 unspecified atom stereocenters. The Balaban J connectivity index is 1.66. The normalized spacial score (nSPS) is 18.0. The van der Waals surface area contributed by atoms with Gasteiger partial charge in [0.05, 0.1) is 11.0 Å². The zero-order valence-corrected chi connectivity index (χ0v) is 14.0. The Hall–Kier alpha value is -1.34. The first-order chi connectivity index (χ1) is 10.3. The molecule has 0 N–H and O–H groups in total. The van der Waals surface area contributed by atoms with Crippen LogP contribution in [0.15, 0.2) is 40.4 Å². The quantitative estimate of drug-likeness (QED) is 0.612. The molecule has 0 bridgehead atoms. The van der Waals surface area contributed by atoms with Gasteiger partial charge in [0.25, 0.3) is 0 Å². The summed E-state index contributed by atoms with van der Waals surface area (Å²) in [5, 5.41) is 0.800. The van der Waals surface area contributed by atoms with E-state index in [0.29, 0.717) is 0 Å². The third kappa shape index (κ3) is 3.47. The minimum atomic E-state index is 0.163. The van der Waals surface area contributed by atoms with Gasteiger partial charge in [-0.1, -0.05) is 11.8 Å². The monoisotopic (exact) mass is 366 g/mol. The molecule has 2 aromatic rings. The summed E-state index contributed by atoms with van der Waals surface area (Å²) in [6, 6.07) is 3.83. The summed E-state index contributed by atoms with van der Waals surface area (Å²) in [5.41, 5.74) is 0. The molecule has 3 rings (SSSR count). The lowest BCUT2D eigenvalue weighted by molar-refractivity contribution is 0.223. The van der Waals surface area contributed by atoms with Crippen LogP contribution in [0.25, 0.3) is 0 Å². The Bertz CT molecular complexity index is 627. The van der Waals surface area contributed by atoms with Crippen molar-refractivity contribution in [2.24, 2.45) is 0 Å². The van der Waals surface area contributed by atoms with E-state index in [1.807, 2.05) is 24.6 Å². The third-order valence-electron chi connectivity index (χ3n) is 3.30. The summed E-state index contributed by atoms with van der Waals surface area (Å²) < 4.78 is 6.92. The molecule has 110 valence electrons. The van der Waals surface area contributed by atoms with E-state index >= 15 is 0 Å². The van der Waals surface area contributed by atoms with Gasteiger partial charge in [0.1, 0.15) is 17.7 Å². The molecule has 1 atom stereocenters. The molecule has 1 aliphatic heterocycles. The standard InChI is InChI=1S/C14H15BrN4OS/c1-21-14-17-6-3-13(18-14)19-7-4-10(9-19)20-12-2-5-16-8-11(12)15/h2-3,5-6,8,10H,4,7,9H2,1H3. The molecule has 3 heterocycles. The van der Waals surface area contributed by atoms with Crippen LogP contribution in [0.2, 0.25) is 0 Å². The van der Waals surface area contributed by atoms with Crippen molar-refractivity contribution in [3.05, 3.63) is 35.2 Å². The number of ether oxygens (including phenoxy) is 1. The van der Waals surface area contributed by atoms with Gasteiger partial charge < -0.3 is 9.64 Å². The van der Waals surface area contributed by atoms with Crippen molar-refractivity contribution in [1.29, 1.82) is 0 Å². The van der Waals surface area contributed by atoms with Crippen molar-refractivity contribution < 1.29 is 4.74 Å². The lowest BCUT2D eigenvalue weighted by Gasteiger charge is -2.18. The maximum Gasteiger partial charge on any atom is 0.189 e. The van der Waals surface area contributed by atoms with Crippen LogP contribution in [0.1, 0.15) is 6.42 Å². The first-order valence-corrected chi connectivity index (χ1v) is 8.66. The zero-order chi connectivity index (χ0) is 14.7. The molecule has 0 amide bonds. The van der Waals surface area contributed by atoms with Gasteiger partial charge in [-0.05, 0) is 34.3 Å². The average molecular weight is 367 g/mol. The van der Waals surface area contributed by atoms with Gasteiger partial charge in [-0.3, -0.25) is 4.98 Å². The average Bonchev–Trinajstić information content (AvgIpc) is 2.98. The molecule has 21 heavy (non-hydrogen) atoms. The van der Waals surface area contributed by atoms with Gasteiger partial charge in [-0.25, -0.2) is 9.97 Å². The molecule has 1 saturated heterocycles. The van der Waals surface area contributed by atoms with Crippen LogP contribution in [0.5, 0.6) is 5.75 Å². The Morgan fingerprint density at radius 1 is 1.38 bits per heavy atom. The number of halogens is 1. The molecule has 5 nitrogen and oxygen atoms in total. The van der Waals surface area contributed by atoms with E-state index in [9.17, 15) is 0 Å². The van der Waals surface area contributed by atoms with Crippen LogP contribution in [0.3, 0.4) is 0 Å². The SMILES string of the molecule is CSc1nccc(N2CCC(Oc3ccncc3Br)C2)n1. The lowest BCUT2D eigenvalue weighted by atomic mass is 10.3. The van der Waals surface area contributed by atoms with E-state index in [1.165, 1.54) is 0 Å². The van der Waals surface area contributed by atoms with Crippen LogP contribution in [0, 0.1) is 0 Å². The second-order valence-corrected chi connectivity index (χ2v) is 6.31. The van der Waals surface area contributed by atoms with Crippen LogP contribution in [-0.2, 0) is 0 Å². The highest BCUT2D eigenvalue weighted by Gasteiger charge is 2.25. The Morgan fingerprint density at radius 3 is 3.10 bits per heavy atom. The third-order valence-corrected chi connectivity index (χ3v) is 4.46. The summed E-state index contributed by atoms with van der Waals surface area (Å²) in [7, 11) is 0. The van der Waals surface area contributed by atoms with E-state index in [2.05, 4.69) is 35.8 Å². The fourth-order valence-electron chi connectivity index (χ4n) is 2.28. The van der Waals surface area contributed by atoms with Crippen LogP contribution >= 0.6 is 27.7 Å². The van der Waals surface area contributed by atoms with Gasteiger partial charge in [-0.2, -0.15) is 0 Å². The molecule has 0 aromatic carbocycles.